The van der Waals surface area contributed by atoms with Crippen LogP contribution < -0.4 is 5.73 Å². The largest absolute Gasteiger partial charge is 0.347 e. The third-order valence-corrected chi connectivity index (χ3v) is 5.57. The third-order valence-electron chi connectivity index (χ3n) is 3.57. The van der Waals surface area contributed by atoms with E-state index in [-0.39, 0.29) is 6.61 Å². The fourth-order valence-electron chi connectivity index (χ4n) is 2.17. The van der Waals surface area contributed by atoms with Crippen molar-refractivity contribution in [2.75, 3.05) is 7.11 Å². The van der Waals surface area contributed by atoms with Crippen LogP contribution in [0.2, 0.25) is 0 Å². The van der Waals surface area contributed by atoms with Crippen LogP contribution in [0.25, 0.3) is 6.08 Å². The minimum Gasteiger partial charge on any atom is -0.317 e. The monoisotopic (exact) mass is 331 g/mol. The number of hydrogen-bond donors (Lipinski definition) is 1. The second-order valence-corrected chi connectivity index (χ2v) is 7.56. The molecule has 0 aliphatic rings. The smallest absolute Gasteiger partial charge is 0.317 e. The summed E-state index contributed by atoms with van der Waals surface area (Å²) in [4.78, 5) is 0. The summed E-state index contributed by atoms with van der Waals surface area (Å²) in [6, 6.07) is 17.3. The van der Waals surface area contributed by atoms with Gasteiger partial charge in [0.25, 0.3) is 0 Å². The van der Waals surface area contributed by atoms with Crippen LogP contribution >= 0.6 is 7.60 Å². The Bertz CT molecular complexity index is 670. The Morgan fingerprint density at radius 1 is 1.13 bits per heavy atom. The van der Waals surface area contributed by atoms with Gasteiger partial charge in [-0.05, 0) is 23.1 Å². The molecule has 0 aliphatic heterocycles. The molecule has 122 valence electrons. The van der Waals surface area contributed by atoms with Gasteiger partial charge in [-0.3, -0.25) is 4.57 Å². The number of benzene rings is 2. The van der Waals surface area contributed by atoms with E-state index in [1.54, 1.807) is 6.08 Å². The molecule has 0 radical (unpaired) electrons. The molecule has 2 aromatic carbocycles. The molecule has 2 rings (SSSR count). The summed E-state index contributed by atoms with van der Waals surface area (Å²) in [5.74, 6) is -0.706. The van der Waals surface area contributed by atoms with Gasteiger partial charge in [0.15, 0.2) is 0 Å². The maximum absolute atomic E-state index is 12.8. The Kier molecular flexibility index (Phi) is 6.31. The molecule has 2 N–H and O–H groups in total. The summed E-state index contributed by atoms with van der Waals surface area (Å²) in [5.41, 5.74) is 9.00. The van der Waals surface area contributed by atoms with Crippen molar-refractivity contribution in [2.45, 2.75) is 18.8 Å². The van der Waals surface area contributed by atoms with E-state index in [2.05, 4.69) is 6.58 Å². The summed E-state index contributed by atoms with van der Waals surface area (Å²) >= 11 is 0. The standard InChI is InChI=1S/C18H22NO3P/c1-3-15-9-11-17(12-10-15)14-22-23(20,21-2)18(19)13-16-7-5-4-6-8-16/h3-12,18H,1,13-14,19H2,2H3. The Labute approximate surface area is 137 Å². The second-order valence-electron chi connectivity index (χ2n) is 5.20. The molecule has 0 aliphatic carbocycles. The molecule has 23 heavy (non-hydrogen) atoms. The lowest BCUT2D eigenvalue weighted by molar-refractivity contribution is 0.217. The van der Waals surface area contributed by atoms with Crippen molar-refractivity contribution >= 4 is 13.7 Å². The molecule has 2 atom stereocenters. The first-order valence-corrected chi connectivity index (χ1v) is 8.99. The van der Waals surface area contributed by atoms with E-state index in [0.29, 0.717) is 6.42 Å². The molecule has 0 amide bonds. The number of nitrogens with two attached hydrogens (primary N) is 1. The van der Waals surface area contributed by atoms with Gasteiger partial charge in [-0.15, -0.1) is 0 Å². The first-order chi connectivity index (χ1) is 11.1. The highest BCUT2D eigenvalue weighted by Crippen LogP contribution is 2.51. The normalized spacial score (nSPS) is 14.9. The minimum absolute atomic E-state index is 0.186. The molecular weight excluding hydrogens is 309 g/mol. The molecule has 0 saturated carbocycles. The lowest BCUT2D eigenvalue weighted by Crippen LogP contribution is -2.25. The van der Waals surface area contributed by atoms with Crippen molar-refractivity contribution in [3.05, 3.63) is 77.9 Å². The van der Waals surface area contributed by atoms with Crippen molar-refractivity contribution in [1.29, 1.82) is 0 Å². The van der Waals surface area contributed by atoms with Gasteiger partial charge < -0.3 is 14.8 Å². The Morgan fingerprint density at radius 3 is 2.35 bits per heavy atom. The van der Waals surface area contributed by atoms with E-state index in [1.807, 2.05) is 54.6 Å². The number of rotatable bonds is 8. The quantitative estimate of drug-likeness (QED) is 0.736. The predicted octanol–water partition coefficient (Wildman–Crippen LogP) is 4.21. The summed E-state index contributed by atoms with van der Waals surface area (Å²) in [6.45, 7) is 3.90. The van der Waals surface area contributed by atoms with Crippen LogP contribution in [0, 0.1) is 0 Å². The SMILES string of the molecule is C=Cc1ccc(COP(=O)(OC)C(N)Cc2ccccc2)cc1. The van der Waals surface area contributed by atoms with E-state index >= 15 is 0 Å². The topological polar surface area (TPSA) is 61.5 Å². The maximum Gasteiger partial charge on any atom is 0.347 e. The average molecular weight is 331 g/mol. The first kappa shape index (κ1) is 17.6. The van der Waals surface area contributed by atoms with Crippen LogP contribution in [-0.2, 0) is 26.6 Å². The van der Waals surface area contributed by atoms with Crippen LogP contribution in [-0.4, -0.2) is 12.9 Å². The zero-order valence-electron chi connectivity index (χ0n) is 13.2. The molecule has 0 aromatic heterocycles. The van der Waals surface area contributed by atoms with Gasteiger partial charge in [0, 0.05) is 7.11 Å². The highest BCUT2D eigenvalue weighted by atomic mass is 31.2. The van der Waals surface area contributed by atoms with E-state index < -0.39 is 13.4 Å². The van der Waals surface area contributed by atoms with Crippen molar-refractivity contribution in [2.24, 2.45) is 5.73 Å². The molecular formula is C18H22NO3P. The van der Waals surface area contributed by atoms with Crippen LogP contribution in [0.1, 0.15) is 16.7 Å². The van der Waals surface area contributed by atoms with Crippen molar-refractivity contribution in [3.8, 4) is 0 Å². The summed E-state index contributed by atoms with van der Waals surface area (Å²) in [5, 5.41) is 0. The van der Waals surface area contributed by atoms with Crippen LogP contribution in [0.4, 0.5) is 0 Å². The molecule has 0 heterocycles. The Hall–Kier alpha value is -1.71. The lowest BCUT2D eigenvalue weighted by Gasteiger charge is -2.22. The van der Waals surface area contributed by atoms with E-state index in [9.17, 15) is 4.57 Å². The summed E-state index contributed by atoms with van der Waals surface area (Å²) in [6.07, 6.45) is 2.20. The van der Waals surface area contributed by atoms with Gasteiger partial charge in [0.2, 0.25) is 0 Å². The zero-order valence-corrected chi connectivity index (χ0v) is 14.1. The van der Waals surface area contributed by atoms with Gasteiger partial charge in [-0.25, -0.2) is 0 Å². The number of hydrogen-bond acceptors (Lipinski definition) is 4. The van der Waals surface area contributed by atoms with Gasteiger partial charge in [0.05, 0.1) is 6.61 Å². The highest BCUT2D eigenvalue weighted by molar-refractivity contribution is 7.54. The average Bonchev–Trinajstić information content (AvgIpc) is 2.61. The first-order valence-electron chi connectivity index (χ1n) is 7.38. The minimum atomic E-state index is -3.38. The third kappa shape index (κ3) is 4.88. The van der Waals surface area contributed by atoms with Crippen molar-refractivity contribution in [3.63, 3.8) is 0 Å². The van der Waals surface area contributed by atoms with E-state index in [0.717, 1.165) is 16.7 Å². The van der Waals surface area contributed by atoms with Crippen LogP contribution in [0.5, 0.6) is 0 Å². The van der Waals surface area contributed by atoms with Gasteiger partial charge in [-0.2, -0.15) is 0 Å². The highest BCUT2D eigenvalue weighted by Gasteiger charge is 2.32. The Morgan fingerprint density at radius 2 is 1.78 bits per heavy atom. The molecule has 4 nitrogen and oxygen atoms in total. The van der Waals surface area contributed by atoms with E-state index in [1.165, 1.54) is 7.11 Å². The van der Waals surface area contributed by atoms with Crippen LogP contribution in [0.15, 0.2) is 61.2 Å². The van der Waals surface area contributed by atoms with E-state index in [4.69, 9.17) is 14.8 Å². The molecule has 0 fully saturated rings. The summed E-state index contributed by atoms with van der Waals surface area (Å²) < 4.78 is 23.5. The molecule has 0 bridgehead atoms. The maximum atomic E-state index is 12.8. The fourth-order valence-corrected chi connectivity index (χ4v) is 3.50. The molecule has 0 saturated heterocycles. The Balaban J connectivity index is 2.01. The molecule has 2 aromatic rings. The van der Waals surface area contributed by atoms with Crippen molar-refractivity contribution < 1.29 is 13.6 Å². The zero-order chi connectivity index (χ0) is 16.7. The fraction of sp³-hybridized carbons (Fsp3) is 0.222. The van der Waals surface area contributed by atoms with Crippen LogP contribution in [0.3, 0.4) is 0 Å². The van der Waals surface area contributed by atoms with Gasteiger partial charge >= 0.3 is 7.60 Å². The summed E-state index contributed by atoms with van der Waals surface area (Å²) in [7, 11) is -2.02. The predicted molar refractivity (Wildman–Crippen MR) is 94.1 cm³/mol. The lowest BCUT2D eigenvalue weighted by atomic mass is 10.1. The molecule has 2 unspecified atom stereocenters. The van der Waals surface area contributed by atoms with Crippen molar-refractivity contribution in [1.82, 2.24) is 0 Å². The molecule has 5 heteroatoms. The molecule has 0 spiro atoms. The second kappa shape index (κ2) is 8.23. The van der Waals surface area contributed by atoms with Gasteiger partial charge in [-0.1, -0.05) is 67.3 Å². The van der Waals surface area contributed by atoms with Gasteiger partial charge in [0.1, 0.15) is 5.78 Å².